The number of rotatable bonds is 4. The Bertz CT molecular complexity index is 712. The van der Waals surface area contributed by atoms with Crippen molar-refractivity contribution in [2.45, 2.75) is 31.4 Å². The van der Waals surface area contributed by atoms with E-state index in [-0.39, 0.29) is 23.5 Å². The average Bonchev–Trinajstić information content (AvgIpc) is 3.42. The highest BCUT2D eigenvalue weighted by atomic mass is 16.5. The highest BCUT2D eigenvalue weighted by Crippen LogP contribution is 2.36. The fourth-order valence-corrected chi connectivity index (χ4v) is 3.96. The number of nitrogens with one attached hydrogen (secondary N) is 1. The van der Waals surface area contributed by atoms with Crippen LogP contribution in [0.2, 0.25) is 0 Å². The van der Waals surface area contributed by atoms with Gasteiger partial charge in [-0.15, -0.1) is 0 Å². The van der Waals surface area contributed by atoms with Crippen molar-refractivity contribution in [1.29, 1.82) is 0 Å². The molecule has 1 N–H and O–H groups in total. The molecule has 7 heteroatoms. The molecule has 7 nitrogen and oxygen atoms in total. The maximum absolute atomic E-state index is 12.6. The molecule has 2 aliphatic heterocycles. The summed E-state index contributed by atoms with van der Waals surface area (Å²) in [6.07, 6.45) is 5.85. The molecule has 0 aromatic carbocycles. The summed E-state index contributed by atoms with van der Waals surface area (Å²) in [5.41, 5.74) is 1.25. The molecule has 1 spiro atoms. The Morgan fingerprint density at radius 1 is 1.31 bits per heavy atom. The zero-order chi connectivity index (χ0) is 18.3. The number of aryl methyl sites for hydroxylation is 1. The van der Waals surface area contributed by atoms with Gasteiger partial charge in [0.25, 0.3) is 5.91 Å². The minimum absolute atomic E-state index is 0.00223. The van der Waals surface area contributed by atoms with Gasteiger partial charge in [0.05, 0.1) is 25.3 Å². The largest absolute Gasteiger partial charge is 0.368 e. The van der Waals surface area contributed by atoms with E-state index in [0.717, 1.165) is 12.1 Å². The van der Waals surface area contributed by atoms with Crippen molar-refractivity contribution in [3.05, 3.63) is 29.6 Å². The molecule has 1 aliphatic carbocycles. The number of morpholine rings is 1. The number of amides is 2. The van der Waals surface area contributed by atoms with Crippen LogP contribution in [0.4, 0.5) is 0 Å². The Hall–Kier alpha value is -1.99. The molecule has 140 valence electrons. The topological polar surface area (TPSA) is 74.8 Å². The molecule has 3 heterocycles. The van der Waals surface area contributed by atoms with Gasteiger partial charge in [0.2, 0.25) is 5.91 Å². The molecule has 2 saturated heterocycles. The van der Waals surface area contributed by atoms with Crippen LogP contribution in [0, 0.1) is 12.8 Å². The van der Waals surface area contributed by atoms with Crippen LogP contribution in [0.25, 0.3) is 0 Å². The van der Waals surface area contributed by atoms with E-state index in [9.17, 15) is 9.59 Å². The summed E-state index contributed by atoms with van der Waals surface area (Å²) in [5, 5.41) is 2.74. The zero-order valence-corrected chi connectivity index (χ0v) is 15.4. The van der Waals surface area contributed by atoms with E-state index in [1.807, 2.05) is 17.9 Å². The Labute approximate surface area is 153 Å². The maximum Gasteiger partial charge on any atom is 0.255 e. The first-order chi connectivity index (χ1) is 12.5. The molecule has 1 unspecified atom stereocenters. The normalized spacial score (nSPS) is 25.0. The number of likely N-dealkylation sites (tertiary alicyclic amines) is 1. The van der Waals surface area contributed by atoms with Crippen molar-refractivity contribution in [3.8, 4) is 0 Å². The first-order valence-electron chi connectivity index (χ1n) is 9.30. The molecule has 1 saturated carbocycles. The van der Waals surface area contributed by atoms with Crippen LogP contribution in [0.1, 0.15) is 28.8 Å². The van der Waals surface area contributed by atoms with Crippen LogP contribution < -0.4 is 5.32 Å². The summed E-state index contributed by atoms with van der Waals surface area (Å²) in [5.74, 6) is 0.713. The number of aromatic nitrogens is 1. The van der Waals surface area contributed by atoms with Crippen LogP contribution >= 0.6 is 0 Å². The number of hydrogen-bond acceptors (Lipinski definition) is 5. The van der Waals surface area contributed by atoms with Crippen molar-refractivity contribution in [2.24, 2.45) is 5.92 Å². The van der Waals surface area contributed by atoms with Gasteiger partial charge in [-0.25, -0.2) is 0 Å². The van der Waals surface area contributed by atoms with Crippen LogP contribution in [-0.2, 0) is 9.53 Å². The van der Waals surface area contributed by atoms with Crippen molar-refractivity contribution in [2.75, 3.05) is 39.8 Å². The molecule has 3 aliphatic rings. The molecule has 1 aromatic heterocycles. The van der Waals surface area contributed by atoms with Gasteiger partial charge in [0.1, 0.15) is 11.6 Å². The first kappa shape index (κ1) is 17.4. The molecule has 1 aromatic rings. The van der Waals surface area contributed by atoms with Gasteiger partial charge in [-0.05, 0) is 37.3 Å². The van der Waals surface area contributed by atoms with E-state index in [0.29, 0.717) is 37.7 Å². The van der Waals surface area contributed by atoms with E-state index >= 15 is 0 Å². The van der Waals surface area contributed by atoms with Gasteiger partial charge in [-0.1, -0.05) is 0 Å². The van der Waals surface area contributed by atoms with E-state index in [1.165, 1.54) is 12.8 Å². The first-order valence-corrected chi connectivity index (χ1v) is 9.30. The molecule has 2 amide bonds. The number of carbonyl (C=O) groups is 2. The molecule has 0 bridgehead atoms. The lowest BCUT2D eigenvalue weighted by molar-refractivity contribution is -0.191. The second kappa shape index (κ2) is 6.63. The predicted molar refractivity (Wildman–Crippen MR) is 95.7 cm³/mol. The van der Waals surface area contributed by atoms with Crippen molar-refractivity contribution < 1.29 is 14.3 Å². The molecular formula is C19H26N4O3. The number of nitrogens with zero attached hydrogens (tertiary/aromatic N) is 3. The second-order valence-electron chi connectivity index (χ2n) is 7.91. The van der Waals surface area contributed by atoms with Crippen molar-refractivity contribution >= 4 is 11.8 Å². The van der Waals surface area contributed by atoms with Gasteiger partial charge in [0.15, 0.2) is 0 Å². The summed E-state index contributed by atoms with van der Waals surface area (Å²) >= 11 is 0. The maximum atomic E-state index is 12.6. The Balaban J connectivity index is 1.41. The quantitative estimate of drug-likeness (QED) is 0.845. The van der Waals surface area contributed by atoms with Crippen molar-refractivity contribution in [3.63, 3.8) is 0 Å². The fourth-order valence-electron chi connectivity index (χ4n) is 3.96. The minimum atomic E-state index is -0.341. The summed E-state index contributed by atoms with van der Waals surface area (Å²) in [4.78, 5) is 33.0. The fraction of sp³-hybridized carbons (Fsp3) is 0.632. The Morgan fingerprint density at radius 3 is 2.73 bits per heavy atom. The van der Waals surface area contributed by atoms with E-state index < -0.39 is 0 Å². The Morgan fingerprint density at radius 2 is 2.08 bits per heavy atom. The lowest BCUT2D eigenvalue weighted by Gasteiger charge is -2.55. The number of ether oxygens (including phenoxy) is 1. The molecule has 3 fully saturated rings. The molecule has 0 radical (unpaired) electrons. The summed E-state index contributed by atoms with van der Waals surface area (Å²) in [6.45, 7) is 5.11. The number of hydrogen-bond donors (Lipinski definition) is 1. The van der Waals surface area contributed by atoms with Crippen molar-refractivity contribution in [1.82, 2.24) is 20.1 Å². The van der Waals surface area contributed by atoms with E-state index in [4.69, 9.17) is 4.74 Å². The number of likely N-dealkylation sites (N-methyl/N-ethyl adjacent to an activating group) is 1. The SMILES string of the molecule is CNC(=O)C1COC2(CN(C(=O)c3cncc(C)c3)C2)CN1CC1CC1. The lowest BCUT2D eigenvalue weighted by atomic mass is 9.89. The zero-order valence-electron chi connectivity index (χ0n) is 15.4. The third-order valence-electron chi connectivity index (χ3n) is 5.59. The predicted octanol–water partition coefficient (Wildman–Crippen LogP) is 0.441. The van der Waals surface area contributed by atoms with Gasteiger partial charge < -0.3 is 15.0 Å². The molecule has 1 atom stereocenters. The minimum Gasteiger partial charge on any atom is -0.368 e. The average molecular weight is 358 g/mol. The monoisotopic (exact) mass is 358 g/mol. The van der Waals surface area contributed by atoms with Gasteiger partial charge in [-0.2, -0.15) is 0 Å². The van der Waals surface area contributed by atoms with Crippen LogP contribution in [0.3, 0.4) is 0 Å². The number of carbonyl (C=O) groups excluding carboxylic acids is 2. The van der Waals surface area contributed by atoms with E-state index in [2.05, 4.69) is 15.2 Å². The molecule has 26 heavy (non-hydrogen) atoms. The van der Waals surface area contributed by atoms with Gasteiger partial charge >= 0.3 is 0 Å². The number of pyridine rings is 1. The highest BCUT2D eigenvalue weighted by Gasteiger charge is 2.52. The third kappa shape index (κ3) is 3.33. The lowest BCUT2D eigenvalue weighted by Crippen LogP contribution is -2.73. The second-order valence-corrected chi connectivity index (χ2v) is 7.91. The van der Waals surface area contributed by atoms with Gasteiger partial charge in [-0.3, -0.25) is 19.5 Å². The molecule has 4 rings (SSSR count). The third-order valence-corrected chi connectivity index (χ3v) is 5.59. The summed E-state index contributed by atoms with van der Waals surface area (Å²) < 4.78 is 6.10. The highest BCUT2D eigenvalue weighted by molar-refractivity contribution is 5.94. The van der Waals surface area contributed by atoms with Crippen LogP contribution in [-0.4, -0.2) is 78.1 Å². The summed E-state index contributed by atoms with van der Waals surface area (Å²) in [6, 6.07) is 1.64. The summed E-state index contributed by atoms with van der Waals surface area (Å²) in [7, 11) is 1.67. The molecular weight excluding hydrogens is 332 g/mol. The smallest absolute Gasteiger partial charge is 0.255 e. The van der Waals surface area contributed by atoms with Gasteiger partial charge in [0, 0.05) is 32.5 Å². The van der Waals surface area contributed by atoms with Crippen LogP contribution in [0.15, 0.2) is 18.5 Å². The van der Waals surface area contributed by atoms with Crippen LogP contribution in [0.5, 0.6) is 0 Å². The standard InChI is InChI=1S/C19H26N4O3/c1-13-5-15(7-21-6-13)18(25)23-11-19(12-23)10-22(8-14-3-4-14)16(9-26-19)17(24)20-2/h5-7,14,16H,3-4,8-12H2,1-2H3,(H,20,24). The van der Waals surface area contributed by atoms with E-state index in [1.54, 1.807) is 19.4 Å². The Kier molecular flexibility index (Phi) is 4.44.